The van der Waals surface area contributed by atoms with Crippen LogP contribution in [0.15, 0.2) is 42.6 Å². The lowest BCUT2D eigenvalue weighted by Gasteiger charge is -2.24. The van der Waals surface area contributed by atoms with Crippen molar-refractivity contribution in [2.75, 3.05) is 10.6 Å². The molecule has 2 aromatic carbocycles. The van der Waals surface area contributed by atoms with Crippen LogP contribution in [0.1, 0.15) is 17.9 Å². The molecule has 2 heterocycles. The van der Waals surface area contributed by atoms with Crippen LogP contribution in [0, 0.1) is 5.82 Å². The molecule has 1 aromatic heterocycles. The van der Waals surface area contributed by atoms with E-state index in [1.165, 1.54) is 18.2 Å². The van der Waals surface area contributed by atoms with E-state index in [9.17, 15) is 14.0 Å². The smallest absolute Gasteiger partial charge is 0.232 e. The van der Waals surface area contributed by atoms with Gasteiger partial charge in [0.2, 0.25) is 11.8 Å². The Bertz CT molecular complexity index is 966. The molecule has 0 fully saturated rings. The van der Waals surface area contributed by atoms with Gasteiger partial charge in [-0.15, -0.1) is 0 Å². The number of H-pyrrole nitrogens is 1. The summed E-state index contributed by atoms with van der Waals surface area (Å²) in [6, 6.07) is 9.42. The Balaban J connectivity index is 1.63. The summed E-state index contributed by atoms with van der Waals surface area (Å²) in [4.78, 5) is 24.4. The summed E-state index contributed by atoms with van der Waals surface area (Å²) >= 11 is 0. The first kappa shape index (κ1) is 14.4. The van der Waals surface area contributed by atoms with E-state index >= 15 is 0 Å². The summed E-state index contributed by atoms with van der Waals surface area (Å²) in [5.74, 6) is -1.73. The van der Waals surface area contributed by atoms with Gasteiger partial charge in [0.1, 0.15) is 5.82 Å². The third-order valence-corrected chi connectivity index (χ3v) is 4.08. The zero-order valence-electron chi connectivity index (χ0n) is 12.5. The molecule has 1 unspecified atom stereocenters. The fraction of sp³-hybridized carbons (Fsp3) is 0.118. The molecule has 2 amide bonds. The normalized spacial score (nSPS) is 16.5. The van der Waals surface area contributed by atoms with Crippen LogP contribution in [0.2, 0.25) is 0 Å². The molecule has 0 aliphatic carbocycles. The SMILES string of the molecule is O=C1CC(C(=O)Nc2ccc3[nH]ncc3c2)c2ccc(F)cc2N1. The van der Waals surface area contributed by atoms with Crippen LogP contribution in [0.25, 0.3) is 10.9 Å². The molecule has 0 spiro atoms. The molecular weight excluding hydrogens is 311 g/mol. The van der Waals surface area contributed by atoms with Gasteiger partial charge in [0, 0.05) is 23.2 Å². The molecular formula is C17H13FN4O2. The van der Waals surface area contributed by atoms with Crippen molar-refractivity contribution in [3.63, 3.8) is 0 Å². The Morgan fingerprint density at radius 3 is 3.00 bits per heavy atom. The lowest BCUT2D eigenvalue weighted by atomic mass is 9.89. The Kier molecular flexibility index (Phi) is 3.26. The standard InChI is InChI=1S/C17H13FN4O2/c18-10-1-3-12-13(7-16(23)21-15(12)6-10)17(24)20-11-2-4-14-9(5-11)8-19-22-14/h1-6,8,13H,7H2,(H,19,22)(H,20,24)(H,21,23). The Hall–Kier alpha value is -3.22. The molecule has 0 saturated heterocycles. The van der Waals surface area contributed by atoms with Crippen molar-refractivity contribution in [3.05, 3.63) is 54.0 Å². The van der Waals surface area contributed by atoms with Crippen LogP contribution < -0.4 is 10.6 Å². The van der Waals surface area contributed by atoms with Gasteiger partial charge in [0.25, 0.3) is 0 Å². The van der Waals surface area contributed by atoms with Crippen molar-refractivity contribution >= 4 is 34.1 Å². The van der Waals surface area contributed by atoms with Gasteiger partial charge in [0.15, 0.2) is 0 Å². The number of hydrogen-bond donors (Lipinski definition) is 3. The molecule has 3 N–H and O–H groups in total. The molecule has 3 aromatic rings. The molecule has 0 radical (unpaired) electrons. The Labute approximate surface area is 136 Å². The van der Waals surface area contributed by atoms with Gasteiger partial charge < -0.3 is 10.6 Å². The quantitative estimate of drug-likeness (QED) is 0.677. The second-order valence-corrected chi connectivity index (χ2v) is 5.70. The van der Waals surface area contributed by atoms with Gasteiger partial charge in [-0.1, -0.05) is 6.07 Å². The molecule has 1 atom stereocenters. The number of aromatic amines is 1. The van der Waals surface area contributed by atoms with Gasteiger partial charge >= 0.3 is 0 Å². The third-order valence-electron chi connectivity index (χ3n) is 4.08. The first-order valence-electron chi connectivity index (χ1n) is 7.43. The van der Waals surface area contributed by atoms with Crippen LogP contribution >= 0.6 is 0 Å². The van der Waals surface area contributed by atoms with Crippen LogP contribution in [-0.2, 0) is 9.59 Å². The summed E-state index contributed by atoms with van der Waals surface area (Å²) < 4.78 is 13.4. The van der Waals surface area contributed by atoms with Crippen molar-refractivity contribution in [1.29, 1.82) is 0 Å². The van der Waals surface area contributed by atoms with E-state index in [0.717, 1.165) is 10.9 Å². The van der Waals surface area contributed by atoms with E-state index in [2.05, 4.69) is 20.8 Å². The molecule has 24 heavy (non-hydrogen) atoms. The number of anilines is 2. The van der Waals surface area contributed by atoms with Crippen molar-refractivity contribution in [3.8, 4) is 0 Å². The Morgan fingerprint density at radius 1 is 1.25 bits per heavy atom. The maximum Gasteiger partial charge on any atom is 0.232 e. The summed E-state index contributed by atoms with van der Waals surface area (Å²) in [6.07, 6.45) is 1.69. The fourth-order valence-corrected chi connectivity index (χ4v) is 2.92. The van der Waals surface area contributed by atoms with Gasteiger partial charge in [-0.2, -0.15) is 5.10 Å². The predicted octanol–water partition coefficient (Wildman–Crippen LogP) is 2.77. The highest BCUT2D eigenvalue weighted by molar-refractivity contribution is 6.05. The van der Waals surface area contributed by atoms with Gasteiger partial charge in [-0.3, -0.25) is 14.7 Å². The number of nitrogens with zero attached hydrogens (tertiary/aromatic N) is 1. The highest BCUT2D eigenvalue weighted by Gasteiger charge is 2.31. The molecule has 120 valence electrons. The maximum absolute atomic E-state index is 13.4. The number of hydrogen-bond acceptors (Lipinski definition) is 3. The molecule has 4 rings (SSSR count). The minimum Gasteiger partial charge on any atom is -0.326 e. The molecule has 1 aliphatic heterocycles. The van der Waals surface area contributed by atoms with E-state index in [-0.39, 0.29) is 18.2 Å². The molecule has 0 saturated carbocycles. The average molecular weight is 324 g/mol. The highest BCUT2D eigenvalue weighted by Crippen LogP contribution is 2.33. The second kappa shape index (κ2) is 5.45. The molecule has 7 heteroatoms. The fourth-order valence-electron chi connectivity index (χ4n) is 2.92. The van der Waals surface area contributed by atoms with Gasteiger partial charge in [0.05, 0.1) is 17.6 Å². The van der Waals surface area contributed by atoms with Crippen molar-refractivity contribution in [1.82, 2.24) is 10.2 Å². The highest BCUT2D eigenvalue weighted by atomic mass is 19.1. The summed E-state index contributed by atoms with van der Waals surface area (Å²) in [6.45, 7) is 0. The van der Waals surface area contributed by atoms with Crippen LogP contribution in [0.5, 0.6) is 0 Å². The van der Waals surface area contributed by atoms with E-state index < -0.39 is 11.7 Å². The summed E-state index contributed by atoms with van der Waals surface area (Å²) in [7, 11) is 0. The predicted molar refractivity (Wildman–Crippen MR) is 87.1 cm³/mol. The number of fused-ring (bicyclic) bond motifs is 2. The number of halogens is 1. The lowest BCUT2D eigenvalue weighted by molar-refractivity contribution is -0.123. The van der Waals surface area contributed by atoms with Crippen LogP contribution in [-0.4, -0.2) is 22.0 Å². The summed E-state index contributed by atoms with van der Waals surface area (Å²) in [5, 5.41) is 13.1. The summed E-state index contributed by atoms with van der Waals surface area (Å²) in [5.41, 5.74) is 2.43. The number of carbonyl (C=O) groups excluding carboxylic acids is 2. The third kappa shape index (κ3) is 2.50. The Morgan fingerprint density at radius 2 is 2.12 bits per heavy atom. The first-order valence-corrected chi connectivity index (χ1v) is 7.43. The molecule has 1 aliphatic rings. The van der Waals surface area contributed by atoms with E-state index in [0.29, 0.717) is 16.9 Å². The van der Waals surface area contributed by atoms with Crippen molar-refractivity contribution < 1.29 is 14.0 Å². The maximum atomic E-state index is 13.4. The van der Waals surface area contributed by atoms with Crippen molar-refractivity contribution in [2.45, 2.75) is 12.3 Å². The average Bonchev–Trinajstić information content (AvgIpc) is 3.01. The minimum absolute atomic E-state index is 0.0262. The van der Waals surface area contributed by atoms with Crippen molar-refractivity contribution in [2.24, 2.45) is 0 Å². The topological polar surface area (TPSA) is 86.9 Å². The zero-order valence-corrected chi connectivity index (χ0v) is 12.5. The molecule has 0 bridgehead atoms. The van der Waals surface area contributed by atoms with Crippen LogP contribution in [0.4, 0.5) is 15.8 Å². The molecule has 6 nitrogen and oxygen atoms in total. The van der Waals surface area contributed by atoms with Gasteiger partial charge in [-0.05, 0) is 35.9 Å². The number of benzene rings is 2. The number of nitrogens with one attached hydrogen (secondary N) is 3. The lowest BCUT2D eigenvalue weighted by Crippen LogP contribution is -2.30. The first-order chi connectivity index (χ1) is 11.6. The van der Waals surface area contributed by atoms with E-state index in [4.69, 9.17) is 0 Å². The number of amides is 2. The second-order valence-electron chi connectivity index (χ2n) is 5.70. The van der Waals surface area contributed by atoms with Gasteiger partial charge in [-0.25, -0.2) is 4.39 Å². The van der Waals surface area contributed by atoms with Crippen LogP contribution in [0.3, 0.4) is 0 Å². The van der Waals surface area contributed by atoms with E-state index in [1.807, 2.05) is 6.07 Å². The number of rotatable bonds is 2. The minimum atomic E-state index is -0.658. The monoisotopic (exact) mass is 324 g/mol. The number of carbonyl (C=O) groups is 2. The van der Waals surface area contributed by atoms with E-state index in [1.54, 1.807) is 18.3 Å². The zero-order chi connectivity index (χ0) is 16.7. The largest absolute Gasteiger partial charge is 0.326 e. The number of aromatic nitrogens is 2.